The van der Waals surface area contributed by atoms with Gasteiger partial charge in [-0.2, -0.15) is 0 Å². The molecule has 2 rings (SSSR count). The molecular weight excluding hydrogens is 242 g/mol. The van der Waals surface area contributed by atoms with Gasteiger partial charge in [0, 0.05) is 12.8 Å². The standard InChI is InChI=1S/C15H19NO3/c1-10-6-7-11(2)12(8-10)13(17)9-16-14(18)4-3-5-15(16)19/h6-8,13,17H,3-5,9H2,1-2H3. The van der Waals surface area contributed by atoms with Gasteiger partial charge >= 0.3 is 0 Å². The van der Waals surface area contributed by atoms with E-state index >= 15 is 0 Å². The Kier molecular flexibility index (Phi) is 4.00. The highest BCUT2D eigenvalue weighted by Gasteiger charge is 2.28. The van der Waals surface area contributed by atoms with Crippen molar-refractivity contribution in [3.05, 3.63) is 34.9 Å². The van der Waals surface area contributed by atoms with Gasteiger partial charge in [-0.25, -0.2) is 0 Å². The molecule has 2 amide bonds. The number of aliphatic hydroxyl groups is 1. The van der Waals surface area contributed by atoms with Crippen molar-refractivity contribution in [3.8, 4) is 0 Å². The van der Waals surface area contributed by atoms with Crippen molar-refractivity contribution in [3.63, 3.8) is 0 Å². The second-order valence-electron chi connectivity index (χ2n) is 5.13. The first-order valence-corrected chi connectivity index (χ1v) is 6.57. The molecule has 1 aliphatic rings. The predicted octanol–water partition coefficient (Wildman–Crippen LogP) is 1.88. The minimum Gasteiger partial charge on any atom is -0.387 e. The van der Waals surface area contributed by atoms with E-state index in [9.17, 15) is 14.7 Å². The Labute approximate surface area is 113 Å². The summed E-state index contributed by atoms with van der Waals surface area (Å²) in [5.74, 6) is -0.360. The molecule has 0 saturated carbocycles. The van der Waals surface area contributed by atoms with Crippen molar-refractivity contribution in [1.82, 2.24) is 4.90 Å². The number of nitrogens with zero attached hydrogens (tertiary/aromatic N) is 1. The number of carbonyl (C=O) groups is 2. The quantitative estimate of drug-likeness (QED) is 0.845. The molecule has 1 saturated heterocycles. The average molecular weight is 261 g/mol. The zero-order valence-corrected chi connectivity index (χ0v) is 11.3. The van der Waals surface area contributed by atoms with Crippen LogP contribution < -0.4 is 0 Å². The first-order valence-electron chi connectivity index (χ1n) is 6.57. The van der Waals surface area contributed by atoms with Gasteiger partial charge in [-0.1, -0.05) is 23.8 Å². The molecule has 102 valence electrons. The Morgan fingerprint density at radius 2 is 1.84 bits per heavy atom. The molecule has 1 fully saturated rings. The van der Waals surface area contributed by atoms with Crippen LogP contribution in [-0.2, 0) is 9.59 Å². The topological polar surface area (TPSA) is 57.6 Å². The SMILES string of the molecule is Cc1ccc(C)c(C(O)CN2C(=O)CCCC2=O)c1. The largest absolute Gasteiger partial charge is 0.387 e. The molecule has 19 heavy (non-hydrogen) atoms. The van der Waals surface area contributed by atoms with Crippen LogP contribution >= 0.6 is 0 Å². The van der Waals surface area contributed by atoms with Crippen molar-refractivity contribution in [2.45, 2.75) is 39.2 Å². The molecule has 0 aliphatic carbocycles. The van der Waals surface area contributed by atoms with E-state index in [2.05, 4.69) is 0 Å². The molecule has 0 aromatic heterocycles. The van der Waals surface area contributed by atoms with Crippen molar-refractivity contribution in [1.29, 1.82) is 0 Å². The Balaban J connectivity index is 2.16. The van der Waals surface area contributed by atoms with Gasteiger partial charge in [-0.05, 0) is 31.4 Å². The maximum atomic E-state index is 11.7. The van der Waals surface area contributed by atoms with Gasteiger partial charge in [0.15, 0.2) is 0 Å². The maximum absolute atomic E-state index is 11.7. The van der Waals surface area contributed by atoms with E-state index in [1.54, 1.807) is 0 Å². The van der Waals surface area contributed by atoms with Crippen LogP contribution in [0.3, 0.4) is 0 Å². The van der Waals surface area contributed by atoms with Crippen LogP contribution in [0, 0.1) is 13.8 Å². The summed E-state index contributed by atoms with van der Waals surface area (Å²) in [7, 11) is 0. The van der Waals surface area contributed by atoms with Crippen molar-refractivity contribution in [2.75, 3.05) is 6.54 Å². The third kappa shape index (κ3) is 3.01. The number of hydrogen-bond acceptors (Lipinski definition) is 3. The molecule has 1 aromatic rings. The smallest absolute Gasteiger partial charge is 0.229 e. The number of β-amino-alcohol motifs (C(OH)–C–C–N with tert-alkyl or cyclic N) is 1. The summed E-state index contributed by atoms with van der Waals surface area (Å²) in [6.07, 6.45) is 0.593. The lowest BCUT2D eigenvalue weighted by atomic mass is 9.99. The number of likely N-dealkylation sites (tertiary alicyclic amines) is 1. The van der Waals surface area contributed by atoms with Crippen LogP contribution in [-0.4, -0.2) is 28.4 Å². The molecule has 0 radical (unpaired) electrons. The summed E-state index contributed by atoms with van der Waals surface area (Å²) in [6, 6.07) is 5.81. The second kappa shape index (κ2) is 5.53. The fourth-order valence-electron chi connectivity index (χ4n) is 2.39. The van der Waals surface area contributed by atoms with Crippen LogP contribution in [0.5, 0.6) is 0 Å². The summed E-state index contributed by atoms with van der Waals surface area (Å²) in [4.78, 5) is 24.6. The summed E-state index contributed by atoms with van der Waals surface area (Å²) in [5.41, 5.74) is 2.80. The predicted molar refractivity (Wildman–Crippen MR) is 71.4 cm³/mol. The molecule has 0 bridgehead atoms. The van der Waals surface area contributed by atoms with Gasteiger partial charge in [0.25, 0.3) is 0 Å². The number of aryl methyl sites for hydroxylation is 2. The van der Waals surface area contributed by atoms with Gasteiger partial charge in [0.2, 0.25) is 11.8 Å². The van der Waals surface area contributed by atoms with Crippen molar-refractivity contribution >= 4 is 11.8 Å². The molecule has 0 spiro atoms. The van der Waals surface area contributed by atoms with E-state index in [-0.39, 0.29) is 18.4 Å². The molecule has 4 heteroatoms. The lowest BCUT2D eigenvalue weighted by molar-refractivity contribution is -0.149. The Bertz CT molecular complexity index is 494. The molecule has 1 heterocycles. The fourth-order valence-corrected chi connectivity index (χ4v) is 2.39. The van der Waals surface area contributed by atoms with Crippen LogP contribution in [0.4, 0.5) is 0 Å². The summed E-state index contributed by atoms with van der Waals surface area (Å²) >= 11 is 0. The normalized spacial score (nSPS) is 17.7. The van der Waals surface area contributed by atoms with Gasteiger partial charge in [-0.15, -0.1) is 0 Å². The summed E-state index contributed by atoms with van der Waals surface area (Å²) in [6.45, 7) is 3.92. The highest BCUT2D eigenvalue weighted by Crippen LogP contribution is 2.22. The average Bonchev–Trinajstić information content (AvgIpc) is 2.37. The lowest BCUT2D eigenvalue weighted by Gasteiger charge is -2.27. The number of aliphatic hydroxyl groups excluding tert-OH is 1. The third-order valence-electron chi connectivity index (χ3n) is 3.53. The van der Waals surface area contributed by atoms with Gasteiger partial charge in [-0.3, -0.25) is 14.5 Å². The highest BCUT2D eigenvalue weighted by atomic mass is 16.3. The maximum Gasteiger partial charge on any atom is 0.229 e. The van der Waals surface area contributed by atoms with Crippen molar-refractivity contribution < 1.29 is 14.7 Å². The van der Waals surface area contributed by atoms with Gasteiger partial charge in [0.1, 0.15) is 0 Å². The zero-order valence-electron chi connectivity index (χ0n) is 11.3. The second-order valence-corrected chi connectivity index (χ2v) is 5.13. The Morgan fingerprint density at radius 1 is 1.21 bits per heavy atom. The monoisotopic (exact) mass is 261 g/mol. The van der Waals surface area contributed by atoms with Crippen molar-refractivity contribution in [2.24, 2.45) is 0 Å². The number of rotatable bonds is 3. The summed E-state index contributed by atoms with van der Waals surface area (Å²) < 4.78 is 0. The van der Waals surface area contributed by atoms with Gasteiger partial charge in [0.05, 0.1) is 12.6 Å². The van der Waals surface area contributed by atoms with E-state index in [1.165, 1.54) is 4.90 Å². The summed E-state index contributed by atoms with van der Waals surface area (Å²) in [5, 5.41) is 10.3. The first-order chi connectivity index (χ1) is 8.99. The van der Waals surface area contributed by atoms with Crippen LogP contribution in [0.2, 0.25) is 0 Å². The lowest BCUT2D eigenvalue weighted by Crippen LogP contribution is -2.42. The Morgan fingerprint density at radius 3 is 2.47 bits per heavy atom. The number of benzene rings is 1. The van der Waals surface area contributed by atoms with E-state index in [4.69, 9.17) is 0 Å². The molecule has 1 atom stereocenters. The molecule has 1 unspecified atom stereocenters. The van der Waals surface area contributed by atoms with Crippen LogP contribution in [0.25, 0.3) is 0 Å². The van der Waals surface area contributed by atoms with Crippen LogP contribution in [0.15, 0.2) is 18.2 Å². The third-order valence-corrected chi connectivity index (χ3v) is 3.53. The number of amides is 2. The minimum absolute atomic E-state index is 0.0575. The number of piperidine rings is 1. The molecule has 1 aromatic carbocycles. The molecular formula is C15H19NO3. The molecule has 1 aliphatic heterocycles. The van der Waals surface area contributed by atoms with E-state index in [1.807, 2.05) is 32.0 Å². The highest BCUT2D eigenvalue weighted by molar-refractivity contribution is 5.97. The molecule has 1 N–H and O–H groups in total. The van der Waals surface area contributed by atoms with Gasteiger partial charge < -0.3 is 5.11 Å². The minimum atomic E-state index is -0.814. The first kappa shape index (κ1) is 13.7. The number of imide groups is 1. The number of carbonyl (C=O) groups excluding carboxylic acids is 2. The van der Waals surface area contributed by atoms with E-state index in [0.29, 0.717) is 19.3 Å². The number of hydrogen-bond donors (Lipinski definition) is 1. The Hall–Kier alpha value is -1.68. The molecule has 4 nitrogen and oxygen atoms in total. The fraction of sp³-hybridized carbons (Fsp3) is 0.467. The van der Waals surface area contributed by atoms with Crippen LogP contribution in [0.1, 0.15) is 42.1 Å². The van der Waals surface area contributed by atoms with E-state index < -0.39 is 6.10 Å². The van der Waals surface area contributed by atoms with E-state index in [0.717, 1.165) is 16.7 Å². The zero-order chi connectivity index (χ0) is 14.0.